The van der Waals surface area contributed by atoms with Gasteiger partial charge in [-0.2, -0.15) is 0 Å². The van der Waals surface area contributed by atoms with Crippen LogP contribution >= 0.6 is 11.8 Å². The molecule has 0 atom stereocenters. The van der Waals surface area contributed by atoms with Gasteiger partial charge in [0.1, 0.15) is 19.2 Å². The molecule has 1 amide bonds. The largest absolute Gasteiger partial charge is 0.317 e. The molecule has 7 nitrogen and oxygen atoms in total. The van der Waals surface area contributed by atoms with E-state index in [-0.39, 0.29) is 11.7 Å². The summed E-state index contributed by atoms with van der Waals surface area (Å²) >= 11 is 1.46. The zero-order valence-electron chi connectivity index (χ0n) is 13.9. The first-order chi connectivity index (χ1) is 12.8. The Balaban J connectivity index is 1.55. The van der Waals surface area contributed by atoms with E-state index in [1.165, 1.54) is 34.7 Å². The number of imidazole rings is 1. The van der Waals surface area contributed by atoms with Gasteiger partial charge < -0.3 is 0 Å². The Morgan fingerprint density at radius 3 is 2.62 bits per heavy atom. The van der Waals surface area contributed by atoms with Gasteiger partial charge in [-0.05, 0) is 29.5 Å². The Kier molecular flexibility index (Phi) is 4.65. The summed E-state index contributed by atoms with van der Waals surface area (Å²) < 4.78 is 3.63. The highest BCUT2D eigenvalue weighted by Crippen LogP contribution is 2.18. The lowest BCUT2D eigenvalue weighted by molar-refractivity contribution is -0.700. The van der Waals surface area contributed by atoms with Crippen molar-refractivity contribution in [2.45, 2.75) is 11.7 Å². The van der Waals surface area contributed by atoms with E-state index < -0.39 is 0 Å². The molecule has 130 valence electrons. The number of hydrogen-bond donors (Lipinski definition) is 2. The summed E-state index contributed by atoms with van der Waals surface area (Å²) in [5.74, 6) is 0.152. The number of hydrogen-bond acceptors (Lipinski definition) is 4. The number of fused-ring (bicyclic) bond motifs is 1. The molecule has 2 aromatic carbocycles. The molecular formula is C18H17N6OS+. The van der Waals surface area contributed by atoms with Crippen molar-refractivity contribution in [2.75, 3.05) is 11.2 Å². The number of aromatic amines is 1. The van der Waals surface area contributed by atoms with Crippen molar-refractivity contribution in [1.82, 2.24) is 19.9 Å². The lowest BCUT2D eigenvalue weighted by Gasteiger charge is -2.04. The van der Waals surface area contributed by atoms with Crippen LogP contribution in [0.3, 0.4) is 0 Å². The summed E-state index contributed by atoms with van der Waals surface area (Å²) in [7, 11) is 0. The fraction of sp³-hybridized carbons (Fsp3) is 0.111. The van der Waals surface area contributed by atoms with E-state index in [1.807, 2.05) is 36.4 Å². The second kappa shape index (κ2) is 7.40. The second-order valence-corrected chi connectivity index (χ2v) is 6.68. The molecule has 2 aromatic heterocycles. The number of amides is 1. The molecule has 0 spiro atoms. The van der Waals surface area contributed by atoms with E-state index in [0.29, 0.717) is 0 Å². The van der Waals surface area contributed by atoms with Gasteiger partial charge in [0.05, 0.1) is 5.75 Å². The van der Waals surface area contributed by atoms with Gasteiger partial charge in [0.25, 0.3) is 0 Å². The number of carbonyl (C=O) groups excluding carboxylic acids is 1. The lowest BCUT2D eigenvalue weighted by atomic mass is 10.2. The molecule has 0 bridgehead atoms. The van der Waals surface area contributed by atoms with Crippen LogP contribution < -0.4 is 9.99 Å². The number of para-hydroxylation sites is 2. The van der Waals surface area contributed by atoms with Crippen LogP contribution in [-0.2, 0) is 11.3 Å². The molecule has 0 aliphatic rings. The highest BCUT2D eigenvalue weighted by atomic mass is 32.2. The summed E-state index contributed by atoms with van der Waals surface area (Å²) in [5, 5.41) is 8.27. The predicted octanol–water partition coefficient (Wildman–Crippen LogP) is 1.96. The van der Waals surface area contributed by atoms with Gasteiger partial charge in [-0.15, -0.1) is 10.2 Å². The van der Waals surface area contributed by atoms with Gasteiger partial charge in [0, 0.05) is 0 Å². The average Bonchev–Trinajstić information content (AvgIpc) is 3.29. The Morgan fingerprint density at radius 2 is 1.81 bits per heavy atom. The third-order valence-electron chi connectivity index (χ3n) is 3.88. The summed E-state index contributed by atoms with van der Waals surface area (Å²) in [6.45, 7) is 0.736. The molecule has 8 heteroatoms. The normalized spacial score (nSPS) is 10.9. The minimum Gasteiger partial charge on any atom is -0.272 e. The lowest BCUT2D eigenvalue weighted by Crippen LogP contribution is -2.36. The van der Waals surface area contributed by atoms with Crippen LogP contribution in [0.5, 0.6) is 0 Å². The van der Waals surface area contributed by atoms with Crippen molar-refractivity contribution >= 4 is 28.7 Å². The van der Waals surface area contributed by atoms with Crippen molar-refractivity contribution in [3.8, 4) is 0 Å². The first-order valence-electron chi connectivity index (χ1n) is 8.11. The van der Waals surface area contributed by atoms with Gasteiger partial charge in [0.2, 0.25) is 5.91 Å². The van der Waals surface area contributed by atoms with Crippen LogP contribution in [0.1, 0.15) is 5.56 Å². The molecule has 4 aromatic rings. The summed E-state index contributed by atoms with van der Waals surface area (Å²) in [4.78, 5) is 15.6. The second-order valence-electron chi connectivity index (χ2n) is 5.71. The Labute approximate surface area is 154 Å². The minimum absolute atomic E-state index is 0.125. The molecular weight excluding hydrogens is 348 g/mol. The molecule has 0 unspecified atom stereocenters. The summed E-state index contributed by atoms with van der Waals surface area (Å²) in [6, 6.07) is 18.4. The van der Waals surface area contributed by atoms with Crippen molar-refractivity contribution in [2.24, 2.45) is 0 Å². The Bertz CT molecular complexity index is 1010. The molecule has 0 aliphatic heterocycles. The maximum absolute atomic E-state index is 12.1. The first kappa shape index (κ1) is 16.3. The Hall–Kier alpha value is -3.13. The SMILES string of the molecule is O=C(CSc1[nH]c2ccccc2[n+]1Cc1ccccc1)Nn1cnnc1. The maximum atomic E-state index is 12.1. The van der Waals surface area contributed by atoms with Crippen molar-refractivity contribution in [3.63, 3.8) is 0 Å². The predicted molar refractivity (Wildman–Crippen MR) is 99.2 cm³/mol. The molecule has 2 N–H and O–H groups in total. The van der Waals surface area contributed by atoms with E-state index in [9.17, 15) is 4.79 Å². The van der Waals surface area contributed by atoms with Crippen LogP contribution in [-0.4, -0.2) is 31.5 Å². The summed E-state index contributed by atoms with van der Waals surface area (Å²) in [5.41, 5.74) is 6.07. The number of benzene rings is 2. The van der Waals surface area contributed by atoms with Crippen molar-refractivity contribution < 1.29 is 9.36 Å². The number of rotatable bonds is 6. The van der Waals surface area contributed by atoms with Crippen LogP contribution in [0.2, 0.25) is 0 Å². The average molecular weight is 365 g/mol. The minimum atomic E-state index is -0.125. The Morgan fingerprint density at radius 1 is 1.08 bits per heavy atom. The molecule has 2 heterocycles. The van der Waals surface area contributed by atoms with E-state index in [0.717, 1.165) is 22.7 Å². The number of thioether (sulfide) groups is 1. The van der Waals surface area contributed by atoms with Crippen LogP contribution in [0, 0.1) is 0 Å². The number of carbonyl (C=O) groups is 1. The van der Waals surface area contributed by atoms with Crippen molar-refractivity contribution in [1.29, 1.82) is 0 Å². The van der Waals surface area contributed by atoms with E-state index in [4.69, 9.17) is 0 Å². The van der Waals surface area contributed by atoms with E-state index in [1.54, 1.807) is 0 Å². The summed E-state index contributed by atoms with van der Waals surface area (Å²) in [6.07, 6.45) is 2.89. The number of nitrogens with zero attached hydrogens (tertiary/aromatic N) is 4. The monoisotopic (exact) mass is 365 g/mol. The van der Waals surface area contributed by atoms with Gasteiger partial charge in [-0.3, -0.25) is 10.2 Å². The fourth-order valence-corrected chi connectivity index (χ4v) is 3.55. The smallest absolute Gasteiger partial charge is 0.272 e. The molecule has 0 fully saturated rings. The third-order valence-corrected chi connectivity index (χ3v) is 4.88. The highest BCUT2D eigenvalue weighted by Gasteiger charge is 2.20. The van der Waals surface area contributed by atoms with Crippen LogP contribution in [0.4, 0.5) is 0 Å². The maximum Gasteiger partial charge on any atom is 0.317 e. The van der Waals surface area contributed by atoms with Crippen LogP contribution in [0.15, 0.2) is 72.4 Å². The van der Waals surface area contributed by atoms with E-state index in [2.05, 4.69) is 43.4 Å². The topological polar surface area (TPSA) is 79.5 Å². The molecule has 0 saturated carbocycles. The van der Waals surface area contributed by atoms with Gasteiger partial charge in [0.15, 0.2) is 11.0 Å². The van der Waals surface area contributed by atoms with Crippen LogP contribution in [0.25, 0.3) is 11.0 Å². The van der Waals surface area contributed by atoms with Crippen molar-refractivity contribution in [3.05, 3.63) is 72.8 Å². The number of nitrogens with one attached hydrogen (secondary N) is 2. The zero-order chi connectivity index (χ0) is 17.8. The number of H-pyrrole nitrogens is 1. The standard InChI is InChI=1S/C18H16N6OS/c25-17(22-23-12-19-20-13-23)11-26-18-21-15-8-4-5-9-16(15)24(18)10-14-6-2-1-3-7-14/h1-9,12-13H,10-11H2,(H,22,25)/p+1. The quantitative estimate of drug-likeness (QED) is 0.404. The molecule has 4 rings (SSSR count). The van der Waals surface area contributed by atoms with E-state index >= 15 is 0 Å². The highest BCUT2D eigenvalue weighted by molar-refractivity contribution is 7.99. The molecule has 0 saturated heterocycles. The fourth-order valence-electron chi connectivity index (χ4n) is 2.71. The molecule has 0 aliphatic carbocycles. The van der Waals surface area contributed by atoms with Gasteiger partial charge >= 0.3 is 5.16 Å². The van der Waals surface area contributed by atoms with Gasteiger partial charge in [-0.25, -0.2) is 14.2 Å². The third kappa shape index (κ3) is 3.60. The first-order valence-corrected chi connectivity index (χ1v) is 9.10. The van der Waals surface area contributed by atoms with Gasteiger partial charge in [-0.1, -0.05) is 42.5 Å². The number of aromatic nitrogens is 5. The zero-order valence-corrected chi connectivity index (χ0v) is 14.7. The molecule has 26 heavy (non-hydrogen) atoms. The molecule has 0 radical (unpaired) electrons.